The minimum absolute atomic E-state index is 0.239. The Morgan fingerprint density at radius 3 is 2.86 bits per heavy atom. The normalized spacial score (nSPS) is 17.8. The van der Waals surface area contributed by atoms with Gasteiger partial charge in [-0.3, -0.25) is 19.3 Å². The molecule has 1 aromatic carbocycles. The summed E-state index contributed by atoms with van der Waals surface area (Å²) in [5.41, 5.74) is 7.43. The van der Waals surface area contributed by atoms with Crippen LogP contribution >= 0.6 is 0 Å². The number of carbonyl (C=O) groups is 3. The fourth-order valence-electron chi connectivity index (χ4n) is 3.31. The Bertz CT molecular complexity index is 850. The molecule has 2 aromatic rings. The molecule has 3 amide bonds. The van der Waals surface area contributed by atoms with Crippen molar-refractivity contribution in [2.24, 2.45) is 5.73 Å². The third-order valence-electron chi connectivity index (χ3n) is 4.80. The van der Waals surface area contributed by atoms with Crippen LogP contribution < -0.4 is 16.4 Å². The number of anilines is 1. The molecule has 3 rings (SSSR count). The van der Waals surface area contributed by atoms with Crippen molar-refractivity contribution < 1.29 is 18.8 Å². The van der Waals surface area contributed by atoms with Gasteiger partial charge in [-0.15, -0.1) is 0 Å². The zero-order valence-electron chi connectivity index (χ0n) is 15.7. The van der Waals surface area contributed by atoms with Gasteiger partial charge in [0.15, 0.2) is 0 Å². The molecule has 2 unspecified atom stereocenters. The lowest BCUT2D eigenvalue weighted by molar-refractivity contribution is -0.122. The quantitative estimate of drug-likeness (QED) is 0.668. The summed E-state index contributed by atoms with van der Waals surface area (Å²) in [7, 11) is 0. The minimum atomic E-state index is -0.719. The first-order chi connectivity index (χ1) is 13.4. The fraction of sp³-hybridized carbons (Fsp3) is 0.350. The van der Waals surface area contributed by atoms with Gasteiger partial charge < -0.3 is 20.8 Å². The first-order valence-electron chi connectivity index (χ1n) is 9.20. The number of hydrogen-bond donors (Lipinski definition) is 3. The molecule has 1 saturated heterocycles. The van der Waals surface area contributed by atoms with E-state index in [4.69, 9.17) is 10.2 Å². The number of amides is 3. The number of benzene rings is 1. The van der Waals surface area contributed by atoms with Gasteiger partial charge >= 0.3 is 0 Å². The average molecular weight is 384 g/mol. The van der Waals surface area contributed by atoms with Gasteiger partial charge in [0.2, 0.25) is 11.8 Å². The Labute approximate surface area is 163 Å². The van der Waals surface area contributed by atoms with Crippen molar-refractivity contribution in [3.63, 3.8) is 0 Å². The van der Waals surface area contributed by atoms with E-state index >= 15 is 0 Å². The van der Waals surface area contributed by atoms with Crippen molar-refractivity contribution in [2.45, 2.75) is 38.4 Å². The fourth-order valence-corrected chi connectivity index (χ4v) is 3.31. The number of carbonyl (C=O) groups excluding carboxylic acids is 3. The Morgan fingerprint density at radius 2 is 2.14 bits per heavy atom. The van der Waals surface area contributed by atoms with E-state index in [0.717, 1.165) is 24.9 Å². The van der Waals surface area contributed by atoms with Gasteiger partial charge in [0, 0.05) is 12.2 Å². The molecule has 0 bridgehead atoms. The molecule has 1 aliphatic heterocycles. The Kier molecular flexibility index (Phi) is 6.10. The summed E-state index contributed by atoms with van der Waals surface area (Å²) >= 11 is 0. The lowest BCUT2D eigenvalue weighted by Gasteiger charge is -2.22. The first-order valence-corrected chi connectivity index (χ1v) is 9.20. The number of primary amides is 1. The molecule has 1 aromatic heterocycles. The summed E-state index contributed by atoms with van der Waals surface area (Å²) < 4.78 is 4.87. The highest BCUT2D eigenvalue weighted by molar-refractivity contribution is 6.00. The number of furan rings is 1. The molecule has 2 atom stereocenters. The zero-order chi connectivity index (χ0) is 20.1. The molecule has 0 radical (unpaired) electrons. The second-order valence-electron chi connectivity index (χ2n) is 6.93. The highest BCUT2D eigenvalue weighted by Gasteiger charge is 2.28. The van der Waals surface area contributed by atoms with Crippen molar-refractivity contribution in [1.82, 2.24) is 10.2 Å². The summed E-state index contributed by atoms with van der Waals surface area (Å²) in [6.45, 7) is 3.02. The second kappa shape index (κ2) is 8.71. The number of nitrogens with one attached hydrogen (secondary N) is 2. The molecule has 4 N–H and O–H groups in total. The number of hydrogen-bond acceptors (Lipinski definition) is 5. The van der Waals surface area contributed by atoms with E-state index in [1.54, 1.807) is 13.0 Å². The van der Waals surface area contributed by atoms with Gasteiger partial charge in [-0.05, 0) is 50.1 Å². The largest absolute Gasteiger partial charge is 0.472 e. The van der Waals surface area contributed by atoms with Crippen molar-refractivity contribution in [3.05, 3.63) is 54.0 Å². The SMILES string of the molecule is CC(NC(=O)c1ccoc1)C(=O)Nc1cccc(CN2CCCC2C(N)=O)c1. The molecule has 2 heterocycles. The molecule has 0 aliphatic carbocycles. The van der Waals surface area contributed by atoms with Gasteiger partial charge in [-0.2, -0.15) is 0 Å². The van der Waals surface area contributed by atoms with Crippen LogP contribution in [0, 0.1) is 0 Å². The number of nitrogens with zero attached hydrogens (tertiary/aromatic N) is 1. The predicted molar refractivity (Wildman–Crippen MR) is 103 cm³/mol. The summed E-state index contributed by atoms with van der Waals surface area (Å²) in [5, 5.41) is 5.43. The van der Waals surface area contributed by atoms with E-state index in [-0.39, 0.29) is 23.8 Å². The summed E-state index contributed by atoms with van der Waals surface area (Å²) in [5.74, 6) is -1.01. The molecule has 0 saturated carbocycles. The zero-order valence-corrected chi connectivity index (χ0v) is 15.7. The van der Waals surface area contributed by atoms with Crippen LogP contribution in [0.25, 0.3) is 0 Å². The Hall–Kier alpha value is -3.13. The van der Waals surface area contributed by atoms with Crippen LogP contribution in [0.15, 0.2) is 47.3 Å². The van der Waals surface area contributed by atoms with Crippen LogP contribution in [-0.2, 0) is 16.1 Å². The standard InChI is InChI=1S/C20H24N4O4/c1-13(22-20(27)15-7-9-28-12-15)19(26)23-16-5-2-4-14(10-16)11-24-8-3-6-17(24)18(21)25/h2,4-5,7,9-10,12-13,17H,3,6,8,11H2,1H3,(H2,21,25)(H,22,27)(H,23,26). The molecule has 1 fully saturated rings. The maximum atomic E-state index is 12.4. The predicted octanol–water partition coefficient (Wildman–Crippen LogP) is 1.49. The van der Waals surface area contributed by atoms with E-state index in [9.17, 15) is 14.4 Å². The van der Waals surface area contributed by atoms with Crippen LogP contribution in [0.1, 0.15) is 35.7 Å². The monoisotopic (exact) mass is 384 g/mol. The third kappa shape index (κ3) is 4.77. The van der Waals surface area contributed by atoms with Crippen LogP contribution in [0.4, 0.5) is 5.69 Å². The minimum Gasteiger partial charge on any atom is -0.472 e. The highest BCUT2D eigenvalue weighted by Crippen LogP contribution is 2.21. The molecule has 28 heavy (non-hydrogen) atoms. The van der Waals surface area contributed by atoms with Gasteiger partial charge in [-0.25, -0.2) is 0 Å². The van der Waals surface area contributed by atoms with Crippen LogP contribution in [0.3, 0.4) is 0 Å². The van der Waals surface area contributed by atoms with Gasteiger partial charge in [0.05, 0.1) is 17.9 Å². The van der Waals surface area contributed by atoms with E-state index in [0.29, 0.717) is 17.8 Å². The summed E-state index contributed by atoms with van der Waals surface area (Å²) in [6, 6.07) is 7.99. The maximum Gasteiger partial charge on any atom is 0.255 e. The lowest BCUT2D eigenvalue weighted by atomic mass is 10.1. The van der Waals surface area contributed by atoms with Gasteiger partial charge in [0.1, 0.15) is 12.3 Å². The van der Waals surface area contributed by atoms with Crippen LogP contribution in [0.2, 0.25) is 0 Å². The van der Waals surface area contributed by atoms with Crippen LogP contribution in [0.5, 0.6) is 0 Å². The summed E-state index contributed by atoms with van der Waals surface area (Å²) in [6.07, 6.45) is 4.44. The van der Waals surface area contributed by atoms with Crippen LogP contribution in [-0.4, -0.2) is 41.2 Å². The summed E-state index contributed by atoms with van der Waals surface area (Å²) in [4.78, 5) is 38.0. The van der Waals surface area contributed by atoms with Gasteiger partial charge in [0.25, 0.3) is 5.91 Å². The molecule has 0 spiro atoms. The Morgan fingerprint density at radius 1 is 1.32 bits per heavy atom. The lowest BCUT2D eigenvalue weighted by Crippen LogP contribution is -2.41. The topological polar surface area (TPSA) is 118 Å². The third-order valence-corrected chi connectivity index (χ3v) is 4.80. The van der Waals surface area contributed by atoms with Gasteiger partial charge in [-0.1, -0.05) is 12.1 Å². The molecule has 8 heteroatoms. The van der Waals surface area contributed by atoms with Crippen molar-refractivity contribution in [3.8, 4) is 0 Å². The van der Waals surface area contributed by atoms with Crippen molar-refractivity contribution >= 4 is 23.4 Å². The van der Waals surface area contributed by atoms with E-state index in [1.807, 2.05) is 18.2 Å². The molecular formula is C20H24N4O4. The van der Waals surface area contributed by atoms with E-state index < -0.39 is 6.04 Å². The Balaban J connectivity index is 1.58. The van der Waals surface area contributed by atoms with E-state index in [1.165, 1.54) is 18.6 Å². The molecule has 148 valence electrons. The smallest absolute Gasteiger partial charge is 0.255 e. The maximum absolute atomic E-state index is 12.4. The first kappa shape index (κ1) is 19.6. The number of rotatable bonds is 7. The van der Waals surface area contributed by atoms with Crippen molar-refractivity contribution in [2.75, 3.05) is 11.9 Å². The van der Waals surface area contributed by atoms with Crippen molar-refractivity contribution in [1.29, 1.82) is 0 Å². The second-order valence-corrected chi connectivity index (χ2v) is 6.93. The number of nitrogens with two attached hydrogens (primary N) is 1. The van der Waals surface area contributed by atoms with E-state index in [2.05, 4.69) is 15.5 Å². The number of likely N-dealkylation sites (tertiary alicyclic amines) is 1. The molecular weight excluding hydrogens is 360 g/mol. The molecule has 8 nitrogen and oxygen atoms in total. The average Bonchev–Trinajstić information content (AvgIpc) is 3.33. The molecule has 1 aliphatic rings. The highest BCUT2D eigenvalue weighted by atomic mass is 16.3.